The van der Waals surface area contributed by atoms with Gasteiger partial charge in [0.2, 0.25) is 0 Å². The van der Waals surface area contributed by atoms with Crippen LogP contribution in [0.3, 0.4) is 0 Å². The van der Waals surface area contributed by atoms with Crippen molar-refractivity contribution >= 4 is 5.91 Å². The molecule has 0 bridgehead atoms. The van der Waals surface area contributed by atoms with E-state index < -0.39 is 0 Å². The molecule has 28 heavy (non-hydrogen) atoms. The van der Waals surface area contributed by atoms with E-state index in [1.54, 1.807) is 25.3 Å². The first-order chi connectivity index (χ1) is 13.5. The monoisotopic (exact) mass is 386 g/mol. The number of benzene rings is 1. The van der Waals surface area contributed by atoms with Gasteiger partial charge in [0, 0.05) is 18.5 Å². The minimum absolute atomic E-state index is 0.0289. The fourth-order valence-electron chi connectivity index (χ4n) is 3.52. The van der Waals surface area contributed by atoms with Crippen molar-refractivity contribution in [2.24, 2.45) is 0 Å². The molecule has 7 nitrogen and oxygen atoms in total. The van der Waals surface area contributed by atoms with E-state index in [4.69, 9.17) is 9.47 Å². The van der Waals surface area contributed by atoms with Crippen molar-refractivity contribution in [2.75, 3.05) is 7.11 Å². The maximum absolute atomic E-state index is 12.9. The van der Waals surface area contributed by atoms with E-state index in [9.17, 15) is 4.79 Å². The summed E-state index contributed by atoms with van der Waals surface area (Å²) < 4.78 is 13.3. The van der Waals surface area contributed by atoms with Crippen molar-refractivity contribution in [2.45, 2.75) is 71.6 Å². The summed E-state index contributed by atoms with van der Waals surface area (Å²) in [4.78, 5) is 12.9. The van der Waals surface area contributed by atoms with Crippen molar-refractivity contribution in [3.63, 3.8) is 0 Å². The molecule has 1 aromatic carbocycles. The lowest BCUT2D eigenvalue weighted by atomic mass is 10.1. The van der Waals surface area contributed by atoms with Gasteiger partial charge in [-0.1, -0.05) is 13.3 Å². The van der Waals surface area contributed by atoms with Crippen LogP contribution in [0.4, 0.5) is 0 Å². The second-order valence-electron chi connectivity index (χ2n) is 7.40. The summed E-state index contributed by atoms with van der Waals surface area (Å²) in [6, 6.07) is 5.07. The number of hydrogen-bond donors (Lipinski definition) is 1. The summed E-state index contributed by atoms with van der Waals surface area (Å²) >= 11 is 0. The summed E-state index contributed by atoms with van der Waals surface area (Å²) in [5.41, 5.74) is 0.530. The van der Waals surface area contributed by atoms with Gasteiger partial charge in [0.1, 0.15) is 5.82 Å². The Labute approximate surface area is 166 Å². The van der Waals surface area contributed by atoms with Crippen molar-refractivity contribution in [3.8, 4) is 11.5 Å². The zero-order valence-electron chi connectivity index (χ0n) is 17.2. The highest BCUT2D eigenvalue weighted by molar-refractivity contribution is 5.95. The first kappa shape index (κ1) is 20.2. The Kier molecular flexibility index (Phi) is 6.54. The number of fused-ring (bicyclic) bond motifs is 1. The fraction of sp³-hybridized carbons (Fsp3) is 0.571. The molecular weight excluding hydrogens is 356 g/mol. The van der Waals surface area contributed by atoms with Crippen LogP contribution in [0.15, 0.2) is 18.2 Å². The summed E-state index contributed by atoms with van der Waals surface area (Å²) in [7, 11) is 1.57. The Morgan fingerprint density at radius 2 is 2.04 bits per heavy atom. The summed E-state index contributed by atoms with van der Waals surface area (Å²) in [5.74, 6) is 2.89. The van der Waals surface area contributed by atoms with Gasteiger partial charge in [-0.25, -0.2) is 0 Å². The predicted molar refractivity (Wildman–Crippen MR) is 107 cm³/mol. The Balaban J connectivity index is 1.78. The molecule has 1 aliphatic rings. The van der Waals surface area contributed by atoms with Crippen LogP contribution >= 0.6 is 0 Å². The second-order valence-corrected chi connectivity index (χ2v) is 7.40. The molecule has 1 N–H and O–H groups in total. The number of nitrogens with zero attached hydrogens (tertiary/aromatic N) is 3. The van der Waals surface area contributed by atoms with Gasteiger partial charge in [0.05, 0.1) is 19.3 Å². The van der Waals surface area contributed by atoms with Crippen LogP contribution in [-0.4, -0.2) is 33.9 Å². The molecule has 0 spiro atoms. The Hall–Kier alpha value is -2.57. The molecule has 3 rings (SSSR count). The van der Waals surface area contributed by atoms with E-state index >= 15 is 0 Å². The number of nitrogens with one attached hydrogen (secondary N) is 1. The van der Waals surface area contributed by atoms with Crippen LogP contribution in [0, 0.1) is 0 Å². The average Bonchev–Trinajstić information content (AvgIpc) is 2.93. The molecule has 0 saturated heterocycles. The predicted octanol–water partition coefficient (Wildman–Crippen LogP) is 3.68. The van der Waals surface area contributed by atoms with Crippen molar-refractivity contribution in [1.29, 1.82) is 0 Å². The van der Waals surface area contributed by atoms with Gasteiger partial charge in [-0.3, -0.25) is 4.79 Å². The molecule has 0 unspecified atom stereocenters. The van der Waals surface area contributed by atoms with Crippen LogP contribution in [0.25, 0.3) is 0 Å². The van der Waals surface area contributed by atoms with Gasteiger partial charge in [-0.05, 0) is 51.3 Å². The van der Waals surface area contributed by atoms with Gasteiger partial charge in [0.25, 0.3) is 5.91 Å². The Morgan fingerprint density at radius 1 is 1.21 bits per heavy atom. The lowest BCUT2D eigenvalue weighted by Crippen LogP contribution is -2.30. The number of ether oxygens (including phenoxy) is 2. The van der Waals surface area contributed by atoms with Gasteiger partial charge < -0.3 is 19.4 Å². The topological polar surface area (TPSA) is 78.3 Å². The maximum atomic E-state index is 12.9. The van der Waals surface area contributed by atoms with Gasteiger partial charge >= 0.3 is 0 Å². The quantitative estimate of drug-likeness (QED) is 0.785. The number of aryl methyl sites for hydroxylation is 1. The van der Waals surface area contributed by atoms with Crippen LogP contribution in [0.1, 0.15) is 74.5 Å². The van der Waals surface area contributed by atoms with Gasteiger partial charge in [0.15, 0.2) is 17.3 Å². The van der Waals surface area contributed by atoms with E-state index in [2.05, 4.69) is 20.1 Å². The first-order valence-corrected chi connectivity index (χ1v) is 10.1. The molecule has 0 aliphatic carbocycles. The first-order valence-electron chi connectivity index (χ1n) is 10.1. The smallest absolute Gasteiger partial charge is 0.252 e. The SMILES string of the molecule is CC[C@H](NC(=O)c1ccc(OC(C)C)c(OC)c1)c1nnc2n1CCCCC2. The highest BCUT2D eigenvalue weighted by atomic mass is 16.5. The number of aromatic nitrogens is 3. The second kappa shape index (κ2) is 9.08. The van der Waals surface area contributed by atoms with E-state index in [0.29, 0.717) is 17.1 Å². The van der Waals surface area contributed by atoms with Crippen molar-refractivity contribution < 1.29 is 14.3 Å². The number of carbonyl (C=O) groups excluding carboxylic acids is 1. The fourth-order valence-corrected chi connectivity index (χ4v) is 3.52. The van der Waals surface area contributed by atoms with Crippen LogP contribution in [-0.2, 0) is 13.0 Å². The molecular formula is C21H30N4O3. The normalized spacial score (nSPS) is 14.9. The number of amides is 1. The van der Waals surface area contributed by atoms with Gasteiger partial charge in [-0.15, -0.1) is 10.2 Å². The van der Waals surface area contributed by atoms with Crippen LogP contribution in [0.2, 0.25) is 0 Å². The number of methoxy groups -OCH3 is 1. The maximum Gasteiger partial charge on any atom is 0.252 e. The highest BCUT2D eigenvalue weighted by Crippen LogP contribution is 2.29. The third-order valence-electron chi connectivity index (χ3n) is 4.95. The third-order valence-corrected chi connectivity index (χ3v) is 4.95. The molecule has 1 amide bonds. The molecule has 0 saturated carbocycles. The molecule has 0 radical (unpaired) electrons. The van der Waals surface area contributed by atoms with Crippen LogP contribution in [0.5, 0.6) is 11.5 Å². The van der Waals surface area contributed by atoms with E-state index in [0.717, 1.165) is 43.9 Å². The number of hydrogen-bond acceptors (Lipinski definition) is 5. The standard InChI is InChI=1S/C21H30N4O3/c1-5-16(20-24-23-19-9-7-6-8-12-25(19)20)22-21(26)15-10-11-17(28-14(2)3)18(13-15)27-4/h10-11,13-14,16H,5-9,12H2,1-4H3,(H,22,26)/t16-/m0/s1. The van der Waals surface area contributed by atoms with Crippen LogP contribution < -0.4 is 14.8 Å². The zero-order chi connectivity index (χ0) is 20.1. The molecule has 7 heteroatoms. The minimum Gasteiger partial charge on any atom is -0.493 e. The van der Waals surface area contributed by atoms with E-state index in [1.165, 1.54) is 6.42 Å². The lowest BCUT2D eigenvalue weighted by molar-refractivity contribution is 0.0932. The third kappa shape index (κ3) is 4.46. The lowest BCUT2D eigenvalue weighted by Gasteiger charge is -2.19. The molecule has 2 heterocycles. The van der Waals surface area contributed by atoms with E-state index in [1.807, 2.05) is 20.8 Å². The molecule has 152 valence electrons. The van der Waals surface area contributed by atoms with E-state index in [-0.39, 0.29) is 18.1 Å². The largest absolute Gasteiger partial charge is 0.493 e. The van der Waals surface area contributed by atoms with Gasteiger partial charge in [-0.2, -0.15) is 0 Å². The summed E-state index contributed by atoms with van der Waals surface area (Å²) in [6.45, 7) is 6.86. The summed E-state index contributed by atoms with van der Waals surface area (Å²) in [5, 5.41) is 11.9. The Morgan fingerprint density at radius 3 is 2.75 bits per heavy atom. The van der Waals surface area contributed by atoms with Crippen molar-refractivity contribution in [3.05, 3.63) is 35.4 Å². The highest BCUT2D eigenvalue weighted by Gasteiger charge is 2.23. The number of rotatable bonds is 7. The summed E-state index contributed by atoms with van der Waals surface area (Å²) in [6.07, 6.45) is 5.20. The molecule has 1 aromatic heterocycles. The minimum atomic E-state index is -0.176. The molecule has 1 atom stereocenters. The molecule has 2 aromatic rings. The zero-order valence-corrected chi connectivity index (χ0v) is 17.2. The molecule has 1 aliphatic heterocycles. The average molecular weight is 386 g/mol. The molecule has 0 fully saturated rings. The number of carbonyl (C=O) groups is 1. The van der Waals surface area contributed by atoms with Crippen molar-refractivity contribution in [1.82, 2.24) is 20.1 Å². The Bertz CT molecular complexity index is 816.